The van der Waals surface area contributed by atoms with Crippen LogP contribution < -0.4 is 5.32 Å². The lowest BCUT2D eigenvalue weighted by Gasteiger charge is -2.25. The van der Waals surface area contributed by atoms with E-state index in [1.54, 1.807) is 0 Å². The molecule has 0 aliphatic rings. The van der Waals surface area contributed by atoms with Gasteiger partial charge in [-0.05, 0) is 24.0 Å². The molecule has 0 unspecified atom stereocenters. The maximum atomic E-state index is 4.37. The lowest BCUT2D eigenvalue weighted by atomic mass is 9.87. The smallest absolute Gasteiger partial charge is 0.0706 e. The summed E-state index contributed by atoms with van der Waals surface area (Å²) in [7, 11) is 0. The first-order valence-electron chi connectivity index (χ1n) is 7.74. The van der Waals surface area contributed by atoms with Crippen molar-refractivity contribution < 1.29 is 0 Å². The van der Waals surface area contributed by atoms with Crippen LogP contribution in [0.25, 0.3) is 5.52 Å². The molecular weight excluding hydrogens is 246 g/mol. The molecule has 0 aliphatic carbocycles. The number of unbranched alkanes of at least 4 members (excludes halogenated alkanes) is 2. The molecule has 2 rings (SSSR count). The zero-order valence-electron chi connectivity index (χ0n) is 13.0. The van der Waals surface area contributed by atoms with Crippen molar-refractivity contribution in [1.82, 2.24) is 14.9 Å². The maximum Gasteiger partial charge on any atom is 0.0706 e. The SMILES string of the molecule is CCCCCC(C)(C)CNCc1cnn2ccccc12. The zero-order chi connectivity index (χ0) is 14.4. The average Bonchev–Trinajstić information content (AvgIpc) is 2.82. The van der Waals surface area contributed by atoms with Gasteiger partial charge < -0.3 is 5.32 Å². The third kappa shape index (κ3) is 4.07. The summed E-state index contributed by atoms with van der Waals surface area (Å²) in [5.41, 5.74) is 2.84. The molecule has 0 aromatic carbocycles. The summed E-state index contributed by atoms with van der Waals surface area (Å²) >= 11 is 0. The van der Waals surface area contributed by atoms with Crippen molar-refractivity contribution in [3.05, 3.63) is 36.2 Å². The van der Waals surface area contributed by atoms with Gasteiger partial charge in [0, 0.05) is 24.8 Å². The quantitative estimate of drug-likeness (QED) is 0.736. The molecule has 0 fully saturated rings. The molecule has 0 saturated carbocycles. The van der Waals surface area contributed by atoms with Crippen LogP contribution in [0.4, 0.5) is 0 Å². The van der Waals surface area contributed by atoms with Crippen LogP contribution in [0.3, 0.4) is 0 Å². The second-order valence-electron chi connectivity index (χ2n) is 6.43. The fourth-order valence-corrected chi connectivity index (χ4v) is 2.60. The van der Waals surface area contributed by atoms with E-state index in [4.69, 9.17) is 0 Å². The van der Waals surface area contributed by atoms with Crippen LogP contribution in [0.5, 0.6) is 0 Å². The Morgan fingerprint density at radius 1 is 1.25 bits per heavy atom. The normalized spacial score (nSPS) is 12.2. The molecule has 110 valence electrons. The lowest BCUT2D eigenvalue weighted by Crippen LogP contribution is -2.29. The van der Waals surface area contributed by atoms with Gasteiger partial charge in [-0.25, -0.2) is 4.52 Å². The largest absolute Gasteiger partial charge is 0.312 e. The molecule has 1 N–H and O–H groups in total. The fraction of sp³-hybridized carbons (Fsp3) is 0.588. The van der Waals surface area contributed by atoms with E-state index in [-0.39, 0.29) is 0 Å². The molecule has 0 spiro atoms. The molecule has 2 aromatic rings. The zero-order valence-corrected chi connectivity index (χ0v) is 13.0. The van der Waals surface area contributed by atoms with Gasteiger partial charge >= 0.3 is 0 Å². The Morgan fingerprint density at radius 3 is 2.90 bits per heavy atom. The van der Waals surface area contributed by atoms with Gasteiger partial charge in [-0.2, -0.15) is 5.10 Å². The summed E-state index contributed by atoms with van der Waals surface area (Å²) in [5, 5.41) is 7.96. The Balaban J connectivity index is 1.83. The van der Waals surface area contributed by atoms with Gasteiger partial charge in [-0.1, -0.05) is 46.1 Å². The van der Waals surface area contributed by atoms with Gasteiger partial charge in [0.05, 0.1) is 11.7 Å². The van der Waals surface area contributed by atoms with Crippen molar-refractivity contribution >= 4 is 5.52 Å². The third-order valence-corrected chi connectivity index (χ3v) is 3.88. The molecule has 2 aromatic heterocycles. The van der Waals surface area contributed by atoms with E-state index in [0.29, 0.717) is 5.41 Å². The monoisotopic (exact) mass is 273 g/mol. The highest BCUT2D eigenvalue weighted by atomic mass is 15.2. The number of pyridine rings is 1. The van der Waals surface area contributed by atoms with E-state index in [1.165, 1.54) is 36.8 Å². The molecule has 0 saturated heterocycles. The number of aromatic nitrogens is 2. The number of nitrogens with one attached hydrogen (secondary N) is 1. The summed E-state index contributed by atoms with van der Waals surface area (Å²) < 4.78 is 1.93. The second-order valence-corrected chi connectivity index (χ2v) is 6.43. The van der Waals surface area contributed by atoms with Gasteiger partial charge in [0.1, 0.15) is 0 Å². The van der Waals surface area contributed by atoms with Crippen molar-refractivity contribution in [2.24, 2.45) is 5.41 Å². The Bertz CT molecular complexity index is 528. The van der Waals surface area contributed by atoms with E-state index < -0.39 is 0 Å². The number of hydrogen-bond donors (Lipinski definition) is 1. The number of nitrogens with zero attached hydrogens (tertiary/aromatic N) is 2. The molecule has 20 heavy (non-hydrogen) atoms. The summed E-state index contributed by atoms with van der Waals surface area (Å²) in [4.78, 5) is 0. The maximum absolute atomic E-state index is 4.37. The van der Waals surface area contributed by atoms with Crippen molar-refractivity contribution in [2.75, 3.05) is 6.54 Å². The Hall–Kier alpha value is -1.35. The van der Waals surface area contributed by atoms with Crippen LogP contribution in [-0.2, 0) is 6.54 Å². The highest BCUT2D eigenvalue weighted by molar-refractivity contribution is 5.53. The third-order valence-electron chi connectivity index (χ3n) is 3.88. The molecule has 3 heteroatoms. The molecule has 2 heterocycles. The minimum Gasteiger partial charge on any atom is -0.312 e. The summed E-state index contributed by atoms with van der Waals surface area (Å²) in [6.45, 7) is 8.92. The van der Waals surface area contributed by atoms with E-state index >= 15 is 0 Å². The van der Waals surface area contributed by atoms with Crippen LogP contribution in [-0.4, -0.2) is 16.2 Å². The minimum absolute atomic E-state index is 0.373. The molecule has 0 atom stereocenters. The van der Waals surface area contributed by atoms with E-state index in [0.717, 1.165) is 13.1 Å². The van der Waals surface area contributed by atoms with Gasteiger partial charge in [0.15, 0.2) is 0 Å². The van der Waals surface area contributed by atoms with Crippen LogP contribution in [0.15, 0.2) is 30.6 Å². The first-order valence-corrected chi connectivity index (χ1v) is 7.74. The Kier molecular flexibility index (Phi) is 5.18. The molecule has 0 amide bonds. The molecule has 0 aliphatic heterocycles. The first kappa shape index (κ1) is 15.0. The molecule has 0 bridgehead atoms. The van der Waals surface area contributed by atoms with Crippen molar-refractivity contribution in [1.29, 1.82) is 0 Å². The van der Waals surface area contributed by atoms with E-state index in [2.05, 4.69) is 43.3 Å². The summed E-state index contributed by atoms with van der Waals surface area (Å²) in [5.74, 6) is 0. The number of rotatable bonds is 8. The highest BCUT2D eigenvalue weighted by Gasteiger charge is 2.16. The average molecular weight is 273 g/mol. The van der Waals surface area contributed by atoms with Crippen molar-refractivity contribution in [3.8, 4) is 0 Å². The van der Waals surface area contributed by atoms with Crippen LogP contribution in [0.2, 0.25) is 0 Å². The molecule has 0 radical (unpaired) electrons. The van der Waals surface area contributed by atoms with Crippen molar-refractivity contribution in [3.63, 3.8) is 0 Å². The predicted molar refractivity (Wildman–Crippen MR) is 84.8 cm³/mol. The standard InChI is InChI=1S/C17H27N3/c1-4-5-7-10-17(2,3)14-18-12-15-13-19-20-11-8-6-9-16(15)20/h6,8-9,11,13,18H,4-5,7,10,12,14H2,1-3H3. The topological polar surface area (TPSA) is 29.3 Å². The second kappa shape index (κ2) is 6.89. The van der Waals surface area contributed by atoms with Crippen molar-refractivity contribution in [2.45, 2.75) is 53.0 Å². The van der Waals surface area contributed by atoms with Gasteiger partial charge in [-0.15, -0.1) is 0 Å². The van der Waals surface area contributed by atoms with Gasteiger partial charge in [0.25, 0.3) is 0 Å². The number of hydrogen-bond acceptors (Lipinski definition) is 2. The minimum atomic E-state index is 0.373. The fourth-order valence-electron chi connectivity index (χ4n) is 2.60. The van der Waals surface area contributed by atoms with Gasteiger partial charge in [-0.3, -0.25) is 0 Å². The Labute approximate surface area is 122 Å². The van der Waals surface area contributed by atoms with E-state index in [1.807, 2.05) is 23.0 Å². The predicted octanol–water partition coefficient (Wildman–Crippen LogP) is 4.03. The summed E-state index contributed by atoms with van der Waals surface area (Å²) in [6.07, 6.45) is 9.23. The lowest BCUT2D eigenvalue weighted by molar-refractivity contribution is 0.302. The van der Waals surface area contributed by atoms with E-state index in [9.17, 15) is 0 Å². The first-order chi connectivity index (χ1) is 9.62. The van der Waals surface area contributed by atoms with Gasteiger partial charge in [0.2, 0.25) is 0 Å². The van der Waals surface area contributed by atoms with Crippen LogP contribution >= 0.6 is 0 Å². The highest BCUT2D eigenvalue weighted by Crippen LogP contribution is 2.23. The molecule has 3 nitrogen and oxygen atoms in total. The van der Waals surface area contributed by atoms with Crippen LogP contribution in [0.1, 0.15) is 52.0 Å². The molecular formula is C17H27N3. The Morgan fingerprint density at radius 2 is 2.10 bits per heavy atom. The van der Waals surface area contributed by atoms with Crippen LogP contribution in [0, 0.1) is 5.41 Å². The summed E-state index contributed by atoms with van der Waals surface area (Å²) in [6, 6.07) is 6.19. The number of fused-ring (bicyclic) bond motifs is 1.